The van der Waals surface area contributed by atoms with Crippen molar-refractivity contribution in [3.8, 4) is 0 Å². The van der Waals surface area contributed by atoms with Gasteiger partial charge in [-0.15, -0.1) is 0 Å². The average molecular weight is 198 g/mol. The standard InChI is InChI=1S/C6H14O3.4CH4/c1-6(8-2)5-9-4-3-7;;;;/h6-7H,3-5H2,1-2H3;4*1H4. The SMILES string of the molecule is C.C.C.C.COC(C)COCCO. The van der Waals surface area contributed by atoms with Crippen LogP contribution in [0.3, 0.4) is 0 Å². The molecule has 13 heavy (non-hydrogen) atoms. The van der Waals surface area contributed by atoms with Crippen LogP contribution in [0.2, 0.25) is 0 Å². The molecule has 0 saturated carbocycles. The number of rotatable bonds is 5. The Labute approximate surface area is 85.1 Å². The van der Waals surface area contributed by atoms with Gasteiger partial charge in [-0.3, -0.25) is 0 Å². The van der Waals surface area contributed by atoms with Crippen LogP contribution in [-0.2, 0) is 9.47 Å². The van der Waals surface area contributed by atoms with E-state index in [0.717, 1.165) is 0 Å². The van der Waals surface area contributed by atoms with Crippen LogP contribution in [0.15, 0.2) is 0 Å². The van der Waals surface area contributed by atoms with Gasteiger partial charge in [0.1, 0.15) is 0 Å². The molecule has 0 rings (SSSR count). The van der Waals surface area contributed by atoms with Crippen molar-refractivity contribution in [1.82, 2.24) is 0 Å². The first-order chi connectivity index (χ1) is 4.31. The molecule has 3 nitrogen and oxygen atoms in total. The molecule has 0 bridgehead atoms. The molecular formula is C10H30O3. The zero-order valence-electron chi connectivity index (χ0n) is 5.96. The van der Waals surface area contributed by atoms with Gasteiger partial charge in [0.15, 0.2) is 0 Å². The second-order valence-electron chi connectivity index (χ2n) is 1.84. The lowest BCUT2D eigenvalue weighted by molar-refractivity contribution is 0.00701. The van der Waals surface area contributed by atoms with Gasteiger partial charge in [0, 0.05) is 7.11 Å². The van der Waals surface area contributed by atoms with Crippen molar-refractivity contribution in [3.63, 3.8) is 0 Å². The third-order valence-electron chi connectivity index (χ3n) is 0.991. The second-order valence-corrected chi connectivity index (χ2v) is 1.84. The minimum atomic E-state index is 0. The molecule has 0 aliphatic carbocycles. The lowest BCUT2D eigenvalue weighted by atomic mass is 10.4. The van der Waals surface area contributed by atoms with E-state index in [0.29, 0.717) is 13.2 Å². The maximum Gasteiger partial charge on any atom is 0.0776 e. The smallest absolute Gasteiger partial charge is 0.0776 e. The van der Waals surface area contributed by atoms with Crippen LogP contribution in [0, 0.1) is 0 Å². The fourth-order valence-electron chi connectivity index (χ4n) is 0.382. The number of hydrogen-bond acceptors (Lipinski definition) is 3. The minimum absolute atomic E-state index is 0. The van der Waals surface area contributed by atoms with Gasteiger partial charge >= 0.3 is 0 Å². The van der Waals surface area contributed by atoms with E-state index in [1.807, 2.05) is 6.92 Å². The van der Waals surface area contributed by atoms with Gasteiger partial charge in [-0.05, 0) is 6.92 Å². The molecule has 0 fully saturated rings. The molecule has 0 saturated heterocycles. The summed E-state index contributed by atoms with van der Waals surface area (Å²) in [6.07, 6.45) is 0.122. The minimum Gasteiger partial charge on any atom is -0.394 e. The molecule has 1 unspecified atom stereocenters. The monoisotopic (exact) mass is 198 g/mol. The quantitative estimate of drug-likeness (QED) is 0.690. The van der Waals surface area contributed by atoms with Gasteiger partial charge < -0.3 is 14.6 Å². The zero-order chi connectivity index (χ0) is 7.11. The fourth-order valence-corrected chi connectivity index (χ4v) is 0.382. The molecule has 0 aromatic heterocycles. The van der Waals surface area contributed by atoms with E-state index in [2.05, 4.69) is 0 Å². The Bertz CT molecular complexity index is 58.1. The Morgan fingerprint density at radius 3 is 1.92 bits per heavy atom. The summed E-state index contributed by atoms with van der Waals surface area (Å²) in [7, 11) is 1.63. The molecule has 1 N–H and O–H groups in total. The molecule has 88 valence electrons. The van der Waals surface area contributed by atoms with Crippen LogP contribution in [0.1, 0.15) is 36.6 Å². The average Bonchev–Trinajstić information content (AvgIpc) is 1.89. The molecule has 1 atom stereocenters. The molecule has 0 aromatic carbocycles. The lowest BCUT2D eigenvalue weighted by Gasteiger charge is -2.08. The van der Waals surface area contributed by atoms with E-state index in [4.69, 9.17) is 14.6 Å². The topological polar surface area (TPSA) is 38.7 Å². The highest BCUT2D eigenvalue weighted by Gasteiger charge is 1.96. The maximum absolute atomic E-state index is 8.29. The maximum atomic E-state index is 8.29. The summed E-state index contributed by atoms with van der Waals surface area (Å²) in [5.74, 6) is 0. The number of methoxy groups -OCH3 is 1. The normalized spacial score (nSPS) is 9.46. The number of aliphatic hydroxyl groups excluding tert-OH is 1. The van der Waals surface area contributed by atoms with Crippen molar-refractivity contribution in [2.45, 2.75) is 42.7 Å². The van der Waals surface area contributed by atoms with Gasteiger partial charge in [0.05, 0.1) is 25.9 Å². The summed E-state index contributed by atoms with van der Waals surface area (Å²) in [5.41, 5.74) is 0. The van der Waals surface area contributed by atoms with Crippen molar-refractivity contribution in [3.05, 3.63) is 0 Å². The van der Waals surface area contributed by atoms with Crippen LogP contribution in [0.5, 0.6) is 0 Å². The second kappa shape index (κ2) is 22.6. The van der Waals surface area contributed by atoms with Crippen LogP contribution in [0.4, 0.5) is 0 Å². The van der Waals surface area contributed by atoms with Crippen LogP contribution in [-0.4, -0.2) is 38.1 Å². The highest BCUT2D eigenvalue weighted by Crippen LogP contribution is 1.87. The highest BCUT2D eigenvalue weighted by atomic mass is 16.5. The number of ether oxygens (including phenoxy) is 2. The van der Waals surface area contributed by atoms with Gasteiger partial charge in [-0.1, -0.05) is 29.7 Å². The summed E-state index contributed by atoms with van der Waals surface area (Å²) in [4.78, 5) is 0. The molecule has 0 aliphatic rings. The third-order valence-corrected chi connectivity index (χ3v) is 0.991. The lowest BCUT2D eigenvalue weighted by Crippen LogP contribution is -2.15. The summed E-state index contributed by atoms with van der Waals surface area (Å²) in [6, 6.07) is 0. The van der Waals surface area contributed by atoms with Crippen molar-refractivity contribution < 1.29 is 14.6 Å². The first-order valence-electron chi connectivity index (χ1n) is 3.02. The molecule has 0 radical (unpaired) electrons. The van der Waals surface area contributed by atoms with E-state index in [9.17, 15) is 0 Å². The molecular weight excluding hydrogens is 168 g/mol. The van der Waals surface area contributed by atoms with Crippen molar-refractivity contribution >= 4 is 0 Å². The highest BCUT2D eigenvalue weighted by molar-refractivity contribution is 4.43. The van der Waals surface area contributed by atoms with Crippen molar-refractivity contribution in [1.29, 1.82) is 0 Å². The van der Waals surface area contributed by atoms with Gasteiger partial charge in [-0.2, -0.15) is 0 Å². The molecule has 0 heterocycles. The van der Waals surface area contributed by atoms with Crippen LogP contribution >= 0.6 is 0 Å². The molecule has 3 heteroatoms. The molecule has 0 aliphatic heterocycles. The predicted octanol–water partition coefficient (Wildman–Crippen LogP) is 2.57. The van der Waals surface area contributed by atoms with E-state index in [1.165, 1.54) is 0 Å². The summed E-state index contributed by atoms with van der Waals surface area (Å²) >= 11 is 0. The first kappa shape index (κ1) is 29.3. The number of aliphatic hydroxyl groups is 1. The van der Waals surface area contributed by atoms with Gasteiger partial charge in [0.2, 0.25) is 0 Å². The van der Waals surface area contributed by atoms with Crippen molar-refractivity contribution in [2.75, 3.05) is 26.9 Å². The Morgan fingerprint density at radius 1 is 1.15 bits per heavy atom. The summed E-state index contributed by atoms with van der Waals surface area (Å²) in [5, 5.41) is 8.29. The van der Waals surface area contributed by atoms with E-state index in [-0.39, 0.29) is 42.4 Å². The molecule has 0 aromatic rings. The van der Waals surface area contributed by atoms with Gasteiger partial charge in [-0.25, -0.2) is 0 Å². The molecule has 0 amide bonds. The van der Waals surface area contributed by atoms with E-state index < -0.39 is 0 Å². The van der Waals surface area contributed by atoms with Gasteiger partial charge in [0.25, 0.3) is 0 Å². The summed E-state index contributed by atoms with van der Waals surface area (Å²) in [6.45, 7) is 2.94. The van der Waals surface area contributed by atoms with Crippen molar-refractivity contribution in [2.24, 2.45) is 0 Å². The molecule has 0 spiro atoms. The predicted molar refractivity (Wildman–Crippen MR) is 61.3 cm³/mol. The Kier molecular flexibility index (Phi) is 51.0. The van der Waals surface area contributed by atoms with Crippen LogP contribution in [0.25, 0.3) is 0 Å². The Morgan fingerprint density at radius 2 is 1.62 bits per heavy atom. The Balaban J connectivity index is -0.0000000533. The van der Waals surface area contributed by atoms with Crippen LogP contribution < -0.4 is 0 Å². The van der Waals surface area contributed by atoms with E-state index in [1.54, 1.807) is 7.11 Å². The zero-order valence-corrected chi connectivity index (χ0v) is 5.96. The first-order valence-corrected chi connectivity index (χ1v) is 3.02. The Hall–Kier alpha value is -0.120. The third kappa shape index (κ3) is 24.5. The van der Waals surface area contributed by atoms with E-state index >= 15 is 0 Å². The summed E-state index contributed by atoms with van der Waals surface area (Å²) < 4.78 is 9.85. The largest absolute Gasteiger partial charge is 0.394 e. The number of hydrogen-bond donors (Lipinski definition) is 1. The fraction of sp³-hybridized carbons (Fsp3) is 1.00.